The average Bonchev–Trinajstić information content (AvgIpc) is 3.53. The van der Waals surface area contributed by atoms with Crippen LogP contribution in [0.4, 0.5) is 0 Å². The molecule has 2 aromatic heterocycles. The van der Waals surface area contributed by atoms with Crippen LogP contribution in [-0.2, 0) is 11.3 Å². The predicted molar refractivity (Wildman–Crippen MR) is 128 cm³/mol. The van der Waals surface area contributed by atoms with Crippen LogP contribution in [0.25, 0.3) is 22.6 Å². The van der Waals surface area contributed by atoms with Gasteiger partial charge in [-0.15, -0.1) is 0 Å². The van der Waals surface area contributed by atoms with Crippen molar-refractivity contribution in [3.63, 3.8) is 0 Å². The fraction of sp³-hybridized carbons (Fsp3) is 0.296. The first-order chi connectivity index (χ1) is 16.5. The number of fused-ring (bicyclic) bond motifs is 1. The predicted octanol–water partition coefficient (Wildman–Crippen LogP) is 4.95. The summed E-state index contributed by atoms with van der Waals surface area (Å²) in [5.74, 6) is 1.56. The summed E-state index contributed by atoms with van der Waals surface area (Å²) in [6, 6.07) is 17.0. The second kappa shape index (κ2) is 9.55. The van der Waals surface area contributed by atoms with Crippen LogP contribution in [0.3, 0.4) is 0 Å². The van der Waals surface area contributed by atoms with Crippen LogP contribution in [0.2, 0.25) is 0 Å². The third kappa shape index (κ3) is 4.88. The number of hydrogen-bond donors (Lipinski definition) is 1. The van der Waals surface area contributed by atoms with Gasteiger partial charge in [0, 0.05) is 30.6 Å². The fourth-order valence-electron chi connectivity index (χ4n) is 4.34. The lowest BCUT2D eigenvalue weighted by molar-refractivity contribution is -0.122. The van der Waals surface area contributed by atoms with E-state index in [1.807, 2.05) is 48.2 Å². The van der Waals surface area contributed by atoms with Crippen molar-refractivity contribution in [1.29, 1.82) is 0 Å². The number of nitrogens with one attached hydrogen (secondary N) is 1. The van der Waals surface area contributed by atoms with Crippen molar-refractivity contribution in [3.8, 4) is 11.5 Å². The minimum absolute atomic E-state index is 0.0116. The van der Waals surface area contributed by atoms with Gasteiger partial charge in [0.05, 0.1) is 12.8 Å². The molecule has 0 aliphatic carbocycles. The highest BCUT2D eigenvalue weighted by Gasteiger charge is 2.25. The third-order valence-corrected chi connectivity index (χ3v) is 6.35. The number of benzene rings is 2. The summed E-state index contributed by atoms with van der Waals surface area (Å²) in [7, 11) is 0. The number of amides is 2. The molecule has 1 N–H and O–H groups in total. The molecule has 34 heavy (non-hydrogen) atoms. The number of rotatable bonds is 6. The average molecular weight is 458 g/mol. The standard InChI is InChI=1S/C27H27N3O4/c1-18-4-6-20(7-5-18)26-29-23-16-21(8-9-24(23)34-26)27(32)30-12-10-19(11-13-30)15-25(31)28-17-22-3-2-14-33-22/h2-9,14,16,19H,10-13,15,17H2,1H3,(H,28,31). The Labute approximate surface area is 197 Å². The van der Waals surface area contributed by atoms with E-state index in [4.69, 9.17) is 8.83 Å². The Balaban J connectivity index is 1.17. The summed E-state index contributed by atoms with van der Waals surface area (Å²) < 4.78 is 11.1. The molecule has 0 unspecified atom stereocenters. The van der Waals surface area contributed by atoms with Gasteiger partial charge >= 0.3 is 0 Å². The summed E-state index contributed by atoms with van der Waals surface area (Å²) in [4.78, 5) is 31.8. The highest BCUT2D eigenvalue weighted by molar-refractivity contribution is 5.97. The van der Waals surface area contributed by atoms with Crippen molar-refractivity contribution in [2.75, 3.05) is 13.1 Å². The molecule has 0 saturated carbocycles. The summed E-state index contributed by atoms with van der Waals surface area (Å²) in [5, 5.41) is 2.90. The van der Waals surface area contributed by atoms with Crippen LogP contribution in [0.15, 0.2) is 69.7 Å². The lowest BCUT2D eigenvalue weighted by Crippen LogP contribution is -2.39. The summed E-state index contributed by atoms with van der Waals surface area (Å²) >= 11 is 0. The second-order valence-electron chi connectivity index (χ2n) is 8.86. The number of furan rings is 1. The Morgan fingerprint density at radius 3 is 2.62 bits per heavy atom. The van der Waals surface area contributed by atoms with Crippen molar-refractivity contribution in [2.24, 2.45) is 5.92 Å². The van der Waals surface area contributed by atoms with Crippen LogP contribution < -0.4 is 5.32 Å². The maximum absolute atomic E-state index is 13.1. The molecule has 5 rings (SSSR count). The van der Waals surface area contributed by atoms with Gasteiger partial charge in [-0.3, -0.25) is 9.59 Å². The number of hydrogen-bond acceptors (Lipinski definition) is 5. The second-order valence-corrected chi connectivity index (χ2v) is 8.86. The molecule has 0 bridgehead atoms. The van der Waals surface area contributed by atoms with Gasteiger partial charge in [0.25, 0.3) is 5.91 Å². The SMILES string of the molecule is Cc1ccc(-c2nc3cc(C(=O)N4CCC(CC(=O)NCc5ccco5)CC4)ccc3o2)cc1. The summed E-state index contributed by atoms with van der Waals surface area (Å²) in [5.41, 5.74) is 4.01. The van der Waals surface area contributed by atoms with Crippen molar-refractivity contribution < 1.29 is 18.4 Å². The molecule has 2 aromatic carbocycles. The summed E-state index contributed by atoms with van der Waals surface area (Å²) in [6.45, 7) is 3.72. The fourth-order valence-corrected chi connectivity index (χ4v) is 4.34. The highest BCUT2D eigenvalue weighted by atomic mass is 16.3. The maximum atomic E-state index is 13.1. The Kier molecular flexibility index (Phi) is 6.16. The minimum atomic E-state index is -0.0116. The van der Waals surface area contributed by atoms with Crippen LogP contribution in [0, 0.1) is 12.8 Å². The third-order valence-electron chi connectivity index (χ3n) is 6.35. The van der Waals surface area contributed by atoms with E-state index in [2.05, 4.69) is 10.3 Å². The number of carbonyl (C=O) groups is 2. The first-order valence-corrected chi connectivity index (χ1v) is 11.6. The number of oxazole rings is 1. The number of aromatic nitrogens is 1. The molecule has 3 heterocycles. The van der Waals surface area contributed by atoms with Crippen LogP contribution in [-0.4, -0.2) is 34.8 Å². The number of piperidine rings is 1. The van der Waals surface area contributed by atoms with Gasteiger partial charge in [-0.1, -0.05) is 17.7 Å². The molecule has 7 heteroatoms. The van der Waals surface area contributed by atoms with E-state index in [9.17, 15) is 9.59 Å². The minimum Gasteiger partial charge on any atom is -0.467 e. The van der Waals surface area contributed by atoms with E-state index in [1.165, 1.54) is 5.56 Å². The smallest absolute Gasteiger partial charge is 0.253 e. The van der Waals surface area contributed by atoms with E-state index in [-0.39, 0.29) is 17.7 Å². The molecule has 4 aromatic rings. The first kappa shape index (κ1) is 21.9. The monoisotopic (exact) mass is 457 g/mol. The Hall–Kier alpha value is -3.87. The van der Waals surface area contributed by atoms with Crippen LogP contribution in [0.1, 0.15) is 40.9 Å². The molecule has 7 nitrogen and oxygen atoms in total. The maximum Gasteiger partial charge on any atom is 0.253 e. The van der Waals surface area contributed by atoms with E-state index in [0.29, 0.717) is 48.6 Å². The van der Waals surface area contributed by atoms with E-state index in [0.717, 1.165) is 24.2 Å². The van der Waals surface area contributed by atoms with Crippen LogP contribution >= 0.6 is 0 Å². The van der Waals surface area contributed by atoms with Gasteiger partial charge in [0.1, 0.15) is 11.3 Å². The molecule has 174 valence electrons. The van der Waals surface area contributed by atoms with Gasteiger partial charge in [0.2, 0.25) is 11.8 Å². The molecule has 1 saturated heterocycles. The van der Waals surface area contributed by atoms with Crippen molar-refractivity contribution in [3.05, 3.63) is 77.7 Å². The zero-order valence-electron chi connectivity index (χ0n) is 19.1. The topological polar surface area (TPSA) is 88.6 Å². The quantitative estimate of drug-likeness (QED) is 0.442. The largest absolute Gasteiger partial charge is 0.467 e. The lowest BCUT2D eigenvalue weighted by atomic mass is 9.93. The first-order valence-electron chi connectivity index (χ1n) is 11.6. The van der Waals surface area contributed by atoms with E-state index >= 15 is 0 Å². The van der Waals surface area contributed by atoms with Gasteiger partial charge in [0.15, 0.2) is 5.58 Å². The number of nitrogens with zero attached hydrogens (tertiary/aromatic N) is 2. The molecule has 1 aliphatic heterocycles. The molecule has 1 aliphatic rings. The van der Waals surface area contributed by atoms with E-state index < -0.39 is 0 Å². The normalized spacial score (nSPS) is 14.4. The number of carbonyl (C=O) groups excluding carboxylic acids is 2. The molecule has 1 fully saturated rings. The molecular formula is C27H27N3O4. The highest BCUT2D eigenvalue weighted by Crippen LogP contribution is 2.27. The van der Waals surface area contributed by atoms with Gasteiger partial charge < -0.3 is 19.1 Å². The number of aryl methyl sites for hydroxylation is 1. The molecule has 0 spiro atoms. The van der Waals surface area contributed by atoms with Crippen LogP contribution in [0.5, 0.6) is 0 Å². The molecule has 0 radical (unpaired) electrons. The molecule has 2 amide bonds. The van der Waals surface area contributed by atoms with Gasteiger partial charge in [-0.25, -0.2) is 4.98 Å². The summed E-state index contributed by atoms with van der Waals surface area (Å²) in [6.07, 6.45) is 3.68. The van der Waals surface area contributed by atoms with Gasteiger partial charge in [-0.2, -0.15) is 0 Å². The Bertz CT molecular complexity index is 1280. The van der Waals surface area contributed by atoms with E-state index in [1.54, 1.807) is 24.5 Å². The van der Waals surface area contributed by atoms with Gasteiger partial charge in [-0.05, 0) is 68.1 Å². The van der Waals surface area contributed by atoms with Crippen molar-refractivity contribution in [1.82, 2.24) is 15.2 Å². The van der Waals surface area contributed by atoms with Crippen molar-refractivity contribution >= 4 is 22.9 Å². The Morgan fingerprint density at radius 1 is 1.09 bits per heavy atom. The zero-order chi connectivity index (χ0) is 23.5. The van der Waals surface area contributed by atoms with Crippen molar-refractivity contribution in [2.45, 2.75) is 32.7 Å². The number of likely N-dealkylation sites (tertiary alicyclic amines) is 1. The Morgan fingerprint density at radius 2 is 1.88 bits per heavy atom. The molecular weight excluding hydrogens is 430 g/mol. The lowest BCUT2D eigenvalue weighted by Gasteiger charge is -2.31. The zero-order valence-corrected chi connectivity index (χ0v) is 19.1. The molecule has 0 atom stereocenters.